The highest BCUT2D eigenvalue weighted by Crippen LogP contribution is 2.10. The molecule has 0 saturated heterocycles. The van der Waals surface area contributed by atoms with Gasteiger partial charge >= 0.3 is 6.03 Å². The minimum absolute atomic E-state index is 0.0922. The van der Waals surface area contributed by atoms with Gasteiger partial charge < -0.3 is 15.6 Å². The van der Waals surface area contributed by atoms with E-state index in [-0.39, 0.29) is 12.3 Å². The SMILES string of the molecule is O=C(NCc1nc2ccccc2[nH]1)N[C@@H]1C=CS(=O)(=O)C1. The molecule has 3 rings (SSSR count). The molecule has 0 saturated carbocycles. The first kappa shape index (κ1) is 13.6. The van der Waals surface area contributed by atoms with Gasteiger partial charge in [0.1, 0.15) is 5.82 Å². The first-order valence-electron chi connectivity index (χ1n) is 6.41. The number of H-pyrrole nitrogens is 1. The fourth-order valence-electron chi connectivity index (χ4n) is 2.14. The summed E-state index contributed by atoms with van der Waals surface area (Å²) in [7, 11) is -3.17. The summed E-state index contributed by atoms with van der Waals surface area (Å²) in [4.78, 5) is 19.1. The number of hydrogen-bond donors (Lipinski definition) is 3. The molecule has 0 radical (unpaired) electrons. The van der Waals surface area contributed by atoms with Crippen molar-refractivity contribution in [3.8, 4) is 0 Å². The van der Waals surface area contributed by atoms with Crippen LogP contribution in [0.25, 0.3) is 11.0 Å². The number of aromatic nitrogens is 2. The van der Waals surface area contributed by atoms with Gasteiger partial charge in [-0.2, -0.15) is 0 Å². The number of hydrogen-bond acceptors (Lipinski definition) is 4. The third kappa shape index (κ3) is 3.22. The summed E-state index contributed by atoms with van der Waals surface area (Å²) in [6.45, 7) is 0.240. The van der Waals surface area contributed by atoms with Crippen molar-refractivity contribution in [2.75, 3.05) is 5.75 Å². The predicted octanol–water partition coefficient (Wildman–Crippen LogP) is 0.673. The van der Waals surface area contributed by atoms with E-state index in [1.165, 1.54) is 6.08 Å². The molecule has 0 unspecified atom stereocenters. The molecule has 0 bridgehead atoms. The van der Waals surface area contributed by atoms with Crippen LogP contribution in [0.1, 0.15) is 5.82 Å². The average molecular weight is 306 g/mol. The number of para-hydroxylation sites is 2. The second-order valence-electron chi connectivity index (χ2n) is 4.79. The van der Waals surface area contributed by atoms with Crippen LogP contribution in [0, 0.1) is 0 Å². The van der Waals surface area contributed by atoms with Gasteiger partial charge in [-0.05, 0) is 18.2 Å². The first-order valence-corrected chi connectivity index (χ1v) is 8.12. The fraction of sp³-hybridized carbons (Fsp3) is 0.231. The van der Waals surface area contributed by atoms with Crippen LogP contribution in [0.4, 0.5) is 4.79 Å². The highest BCUT2D eigenvalue weighted by atomic mass is 32.2. The summed E-state index contributed by atoms with van der Waals surface area (Å²) in [5, 5.41) is 6.34. The van der Waals surface area contributed by atoms with Crippen LogP contribution in [0.15, 0.2) is 35.7 Å². The van der Waals surface area contributed by atoms with E-state index in [1.807, 2.05) is 24.3 Å². The third-order valence-corrected chi connectivity index (χ3v) is 4.50. The molecule has 1 aromatic heterocycles. The fourth-order valence-corrected chi connectivity index (χ4v) is 3.37. The van der Waals surface area contributed by atoms with E-state index in [2.05, 4.69) is 20.6 Å². The lowest BCUT2D eigenvalue weighted by Gasteiger charge is -2.10. The molecule has 1 aliphatic rings. The van der Waals surface area contributed by atoms with Crippen LogP contribution in [0.2, 0.25) is 0 Å². The Morgan fingerprint density at radius 2 is 2.19 bits per heavy atom. The number of urea groups is 1. The van der Waals surface area contributed by atoms with Crippen LogP contribution in [0.5, 0.6) is 0 Å². The Hall–Kier alpha value is -2.35. The molecule has 8 heteroatoms. The van der Waals surface area contributed by atoms with Crippen molar-refractivity contribution in [2.24, 2.45) is 0 Å². The number of nitrogens with zero attached hydrogens (tertiary/aromatic N) is 1. The summed E-state index contributed by atoms with van der Waals surface area (Å²) >= 11 is 0. The molecular weight excluding hydrogens is 292 g/mol. The maximum absolute atomic E-state index is 11.7. The molecule has 7 nitrogen and oxygen atoms in total. The van der Waals surface area contributed by atoms with E-state index in [9.17, 15) is 13.2 Å². The second kappa shape index (κ2) is 5.21. The summed E-state index contributed by atoms with van der Waals surface area (Å²) in [6, 6.07) is 6.66. The van der Waals surface area contributed by atoms with Crippen molar-refractivity contribution in [3.63, 3.8) is 0 Å². The Balaban J connectivity index is 1.55. The third-order valence-electron chi connectivity index (χ3n) is 3.10. The van der Waals surface area contributed by atoms with Crippen LogP contribution in [-0.4, -0.2) is 36.2 Å². The van der Waals surface area contributed by atoms with Gasteiger partial charge in [0.05, 0.1) is 29.4 Å². The Morgan fingerprint density at radius 1 is 1.38 bits per heavy atom. The van der Waals surface area contributed by atoms with Crippen LogP contribution >= 0.6 is 0 Å². The van der Waals surface area contributed by atoms with Gasteiger partial charge in [-0.3, -0.25) is 0 Å². The van der Waals surface area contributed by atoms with E-state index in [0.29, 0.717) is 5.82 Å². The van der Waals surface area contributed by atoms with E-state index in [0.717, 1.165) is 16.4 Å². The minimum Gasteiger partial charge on any atom is -0.340 e. The largest absolute Gasteiger partial charge is 0.340 e. The van der Waals surface area contributed by atoms with Gasteiger partial charge in [-0.1, -0.05) is 12.1 Å². The molecule has 0 aliphatic carbocycles. The topological polar surface area (TPSA) is 104 Å². The number of aromatic amines is 1. The molecule has 3 N–H and O–H groups in total. The van der Waals surface area contributed by atoms with E-state index in [1.54, 1.807) is 0 Å². The molecule has 0 fully saturated rings. The summed E-state index contributed by atoms with van der Waals surface area (Å²) < 4.78 is 22.5. The van der Waals surface area contributed by atoms with Crippen molar-refractivity contribution in [2.45, 2.75) is 12.6 Å². The smallest absolute Gasteiger partial charge is 0.315 e. The van der Waals surface area contributed by atoms with Crippen molar-refractivity contribution < 1.29 is 13.2 Å². The monoisotopic (exact) mass is 306 g/mol. The van der Waals surface area contributed by atoms with Crippen molar-refractivity contribution >= 4 is 26.9 Å². The molecule has 1 atom stereocenters. The predicted molar refractivity (Wildman–Crippen MR) is 78.2 cm³/mol. The van der Waals surface area contributed by atoms with Gasteiger partial charge in [0.25, 0.3) is 0 Å². The van der Waals surface area contributed by atoms with E-state index >= 15 is 0 Å². The van der Waals surface area contributed by atoms with Gasteiger partial charge in [0.2, 0.25) is 0 Å². The number of carbonyl (C=O) groups is 1. The van der Waals surface area contributed by atoms with Crippen LogP contribution < -0.4 is 10.6 Å². The quantitative estimate of drug-likeness (QED) is 0.775. The zero-order valence-corrected chi connectivity index (χ0v) is 11.9. The molecular formula is C13H14N4O3S. The number of nitrogens with one attached hydrogen (secondary N) is 3. The maximum Gasteiger partial charge on any atom is 0.315 e. The summed E-state index contributed by atoms with van der Waals surface area (Å²) in [5.41, 5.74) is 1.74. The molecule has 2 aromatic rings. The number of sulfone groups is 1. The van der Waals surface area contributed by atoms with Gasteiger partial charge in [0, 0.05) is 5.41 Å². The normalized spacial score (nSPS) is 19.7. The molecule has 110 valence electrons. The highest BCUT2D eigenvalue weighted by molar-refractivity contribution is 7.94. The lowest BCUT2D eigenvalue weighted by atomic mass is 10.3. The number of rotatable bonds is 3. The Labute approximate surface area is 121 Å². The zero-order valence-electron chi connectivity index (χ0n) is 11.0. The van der Waals surface area contributed by atoms with Crippen LogP contribution in [-0.2, 0) is 16.4 Å². The molecule has 2 heterocycles. The van der Waals surface area contributed by atoms with Gasteiger partial charge in [-0.15, -0.1) is 0 Å². The van der Waals surface area contributed by atoms with Crippen LogP contribution in [0.3, 0.4) is 0 Å². The first-order chi connectivity index (χ1) is 10.0. The highest BCUT2D eigenvalue weighted by Gasteiger charge is 2.22. The van der Waals surface area contributed by atoms with Crippen molar-refractivity contribution in [1.82, 2.24) is 20.6 Å². The number of carbonyl (C=O) groups excluding carboxylic acids is 1. The standard InChI is InChI=1S/C13H14N4O3S/c18-13(15-9-5-6-21(19,20)8-9)14-7-12-16-10-3-1-2-4-11(10)17-12/h1-6,9H,7-8H2,(H,16,17)(H2,14,15,18)/t9-/m1/s1. The molecule has 0 spiro atoms. The average Bonchev–Trinajstić information content (AvgIpc) is 2.99. The van der Waals surface area contributed by atoms with Gasteiger partial charge in [-0.25, -0.2) is 18.2 Å². The molecule has 1 aliphatic heterocycles. The number of benzene rings is 1. The molecule has 1 aromatic carbocycles. The summed E-state index contributed by atoms with van der Waals surface area (Å²) in [6.07, 6.45) is 1.47. The maximum atomic E-state index is 11.7. The Kier molecular flexibility index (Phi) is 3.38. The summed E-state index contributed by atoms with van der Waals surface area (Å²) in [5.74, 6) is 0.548. The number of amides is 2. The number of imidazole rings is 1. The van der Waals surface area contributed by atoms with Gasteiger partial charge in [0.15, 0.2) is 9.84 Å². The molecule has 21 heavy (non-hydrogen) atoms. The zero-order chi connectivity index (χ0) is 14.9. The number of fused-ring (bicyclic) bond motifs is 1. The minimum atomic E-state index is -3.17. The Bertz CT molecular complexity index is 777. The second-order valence-corrected chi connectivity index (χ2v) is 6.72. The lowest BCUT2D eigenvalue weighted by molar-refractivity contribution is 0.239. The van der Waals surface area contributed by atoms with E-state index < -0.39 is 21.9 Å². The lowest BCUT2D eigenvalue weighted by Crippen LogP contribution is -2.42. The molecule has 2 amide bonds. The van der Waals surface area contributed by atoms with Crippen molar-refractivity contribution in [3.05, 3.63) is 41.6 Å². The Morgan fingerprint density at radius 3 is 2.90 bits per heavy atom. The van der Waals surface area contributed by atoms with E-state index in [4.69, 9.17) is 0 Å². The van der Waals surface area contributed by atoms with Crippen molar-refractivity contribution in [1.29, 1.82) is 0 Å².